The van der Waals surface area contributed by atoms with Crippen molar-refractivity contribution in [2.75, 3.05) is 11.7 Å². The Morgan fingerprint density at radius 2 is 2.00 bits per heavy atom. The summed E-state index contributed by atoms with van der Waals surface area (Å²) in [5, 5.41) is 0. The Morgan fingerprint density at radius 3 is 2.44 bits per heavy atom. The van der Waals surface area contributed by atoms with Crippen LogP contribution in [0.1, 0.15) is 20.8 Å². The van der Waals surface area contributed by atoms with Gasteiger partial charge in [-0.2, -0.15) is 0 Å². The maximum absolute atomic E-state index is 5.29. The highest BCUT2D eigenvalue weighted by Crippen LogP contribution is 2.20. The molecule has 0 saturated carbocycles. The van der Waals surface area contributed by atoms with Gasteiger partial charge < -0.3 is 4.74 Å². The van der Waals surface area contributed by atoms with Gasteiger partial charge in [0.1, 0.15) is 5.94 Å². The van der Waals surface area contributed by atoms with Crippen LogP contribution >= 0.6 is 21.6 Å². The summed E-state index contributed by atoms with van der Waals surface area (Å²) in [4.78, 5) is 0. The fourth-order valence-corrected chi connectivity index (χ4v) is 1.71. The van der Waals surface area contributed by atoms with Gasteiger partial charge in [-0.25, -0.2) is 0 Å². The lowest BCUT2D eigenvalue weighted by Crippen LogP contribution is -1.99. The van der Waals surface area contributed by atoms with Crippen molar-refractivity contribution < 1.29 is 4.74 Å². The monoisotopic (exact) mass is 166 g/mol. The van der Waals surface area contributed by atoms with Crippen molar-refractivity contribution in [2.45, 2.75) is 26.9 Å². The third kappa shape index (κ3) is 8.66. The normalized spacial score (nSPS) is 10.7. The van der Waals surface area contributed by atoms with Crippen LogP contribution in [0.4, 0.5) is 0 Å². The third-order valence-corrected chi connectivity index (χ3v) is 2.78. The van der Waals surface area contributed by atoms with Crippen LogP contribution in [0.3, 0.4) is 0 Å². The predicted molar refractivity (Wildman–Crippen MR) is 46.8 cm³/mol. The molecule has 0 aliphatic rings. The SMILES string of the molecule is CCSSCOC(C)C. The smallest absolute Gasteiger partial charge is 0.102 e. The van der Waals surface area contributed by atoms with Gasteiger partial charge in [-0.3, -0.25) is 0 Å². The molecule has 0 fully saturated rings. The molecule has 0 amide bonds. The van der Waals surface area contributed by atoms with Crippen molar-refractivity contribution in [2.24, 2.45) is 0 Å². The fraction of sp³-hybridized carbons (Fsp3) is 1.00. The average Bonchev–Trinajstić information content (AvgIpc) is 1.80. The summed E-state index contributed by atoms with van der Waals surface area (Å²) in [6.07, 6.45) is 0.370. The lowest BCUT2D eigenvalue weighted by atomic mass is 10.5. The minimum absolute atomic E-state index is 0.370. The highest BCUT2D eigenvalue weighted by atomic mass is 33.1. The summed E-state index contributed by atoms with van der Waals surface area (Å²) >= 11 is 0. The standard InChI is InChI=1S/C6H14OS2/c1-4-8-9-5-7-6(2)3/h6H,4-5H2,1-3H3. The molecule has 0 aliphatic carbocycles. The van der Waals surface area contributed by atoms with Crippen LogP contribution in [0.15, 0.2) is 0 Å². The first-order chi connectivity index (χ1) is 4.27. The molecule has 0 saturated heterocycles. The molecule has 0 rings (SSSR count). The van der Waals surface area contributed by atoms with Crippen molar-refractivity contribution in [3.8, 4) is 0 Å². The van der Waals surface area contributed by atoms with E-state index in [0.29, 0.717) is 6.10 Å². The lowest BCUT2D eigenvalue weighted by molar-refractivity contribution is 0.121. The Hall–Kier alpha value is 0.660. The van der Waals surface area contributed by atoms with Gasteiger partial charge >= 0.3 is 0 Å². The first-order valence-electron chi connectivity index (χ1n) is 3.13. The molecule has 0 aliphatic heterocycles. The molecular weight excluding hydrogens is 152 g/mol. The Balaban J connectivity index is 2.75. The van der Waals surface area contributed by atoms with Crippen LogP contribution in [-0.4, -0.2) is 17.8 Å². The Labute approximate surface area is 65.3 Å². The number of ether oxygens (including phenoxy) is 1. The summed E-state index contributed by atoms with van der Waals surface area (Å²) in [6, 6.07) is 0. The lowest BCUT2D eigenvalue weighted by Gasteiger charge is -2.04. The molecule has 0 aromatic carbocycles. The van der Waals surface area contributed by atoms with E-state index in [-0.39, 0.29) is 0 Å². The highest BCUT2D eigenvalue weighted by molar-refractivity contribution is 8.76. The van der Waals surface area contributed by atoms with E-state index < -0.39 is 0 Å². The molecule has 0 atom stereocenters. The van der Waals surface area contributed by atoms with Crippen LogP contribution in [0, 0.1) is 0 Å². The molecule has 0 N–H and O–H groups in total. The van der Waals surface area contributed by atoms with Gasteiger partial charge in [0.15, 0.2) is 0 Å². The summed E-state index contributed by atoms with van der Waals surface area (Å²) < 4.78 is 5.29. The average molecular weight is 166 g/mol. The van der Waals surface area contributed by atoms with Gasteiger partial charge in [-0.15, -0.1) is 0 Å². The maximum atomic E-state index is 5.29. The fourth-order valence-electron chi connectivity index (χ4n) is 0.281. The third-order valence-electron chi connectivity index (χ3n) is 0.651. The van der Waals surface area contributed by atoms with E-state index in [9.17, 15) is 0 Å². The Morgan fingerprint density at radius 1 is 1.33 bits per heavy atom. The number of hydrogen-bond donors (Lipinski definition) is 0. The van der Waals surface area contributed by atoms with E-state index in [1.54, 1.807) is 10.8 Å². The molecular formula is C6H14OS2. The minimum atomic E-state index is 0.370. The minimum Gasteiger partial charge on any atom is -0.367 e. The Bertz CT molecular complexity index is 57.0. The van der Waals surface area contributed by atoms with Gasteiger partial charge in [0.05, 0.1) is 6.10 Å². The maximum Gasteiger partial charge on any atom is 0.102 e. The molecule has 0 radical (unpaired) electrons. The van der Waals surface area contributed by atoms with Gasteiger partial charge in [-0.05, 0) is 13.8 Å². The summed E-state index contributed by atoms with van der Waals surface area (Å²) in [5.74, 6) is 1.97. The van der Waals surface area contributed by atoms with Crippen molar-refractivity contribution in [3.05, 3.63) is 0 Å². The van der Waals surface area contributed by atoms with Crippen molar-refractivity contribution in [1.29, 1.82) is 0 Å². The molecule has 9 heavy (non-hydrogen) atoms. The van der Waals surface area contributed by atoms with Crippen LogP contribution < -0.4 is 0 Å². The van der Waals surface area contributed by atoms with Crippen LogP contribution in [0.2, 0.25) is 0 Å². The van der Waals surface area contributed by atoms with Crippen LogP contribution in [0.5, 0.6) is 0 Å². The van der Waals surface area contributed by atoms with E-state index in [2.05, 4.69) is 20.8 Å². The van der Waals surface area contributed by atoms with E-state index >= 15 is 0 Å². The van der Waals surface area contributed by atoms with Gasteiger partial charge in [0, 0.05) is 5.75 Å². The molecule has 0 spiro atoms. The topological polar surface area (TPSA) is 9.23 Å². The largest absolute Gasteiger partial charge is 0.367 e. The van der Waals surface area contributed by atoms with E-state index in [4.69, 9.17) is 4.74 Å². The molecule has 56 valence electrons. The predicted octanol–water partition coefficient (Wildman–Crippen LogP) is 2.77. The van der Waals surface area contributed by atoms with Gasteiger partial charge in [-0.1, -0.05) is 28.5 Å². The summed E-state index contributed by atoms with van der Waals surface area (Å²) in [6.45, 7) is 6.25. The second-order valence-electron chi connectivity index (χ2n) is 1.86. The van der Waals surface area contributed by atoms with Crippen molar-refractivity contribution in [1.82, 2.24) is 0 Å². The van der Waals surface area contributed by atoms with E-state index in [1.807, 2.05) is 10.8 Å². The van der Waals surface area contributed by atoms with Gasteiger partial charge in [0.25, 0.3) is 0 Å². The summed E-state index contributed by atoms with van der Waals surface area (Å²) in [5.41, 5.74) is 0. The molecule has 3 heteroatoms. The molecule has 0 bridgehead atoms. The molecule has 0 heterocycles. The molecule has 1 nitrogen and oxygen atoms in total. The second-order valence-corrected chi connectivity index (χ2v) is 4.56. The van der Waals surface area contributed by atoms with E-state index in [0.717, 1.165) is 11.7 Å². The highest BCUT2D eigenvalue weighted by Gasteiger charge is 1.91. The Kier molecular flexibility index (Phi) is 7.27. The van der Waals surface area contributed by atoms with Crippen LogP contribution in [-0.2, 0) is 4.74 Å². The molecule has 0 aromatic heterocycles. The molecule has 0 unspecified atom stereocenters. The van der Waals surface area contributed by atoms with Crippen LogP contribution in [0.25, 0.3) is 0 Å². The quantitative estimate of drug-likeness (QED) is 0.353. The number of rotatable bonds is 5. The number of hydrogen-bond acceptors (Lipinski definition) is 3. The summed E-state index contributed by atoms with van der Waals surface area (Å²) in [7, 11) is 3.62. The van der Waals surface area contributed by atoms with Gasteiger partial charge in [0.2, 0.25) is 0 Å². The zero-order chi connectivity index (χ0) is 7.11. The van der Waals surface area contributed by atoms with E-state index in [1.165, 1.54) is 0 Å². The first kappa shape index (κ1) is 9.66. The van der Waals surface area contributed by atoms with Crippen molar-refractivity contribution in [3.63, 3.8) is 0 Å². The zero-order valence-electron chi connectivity index (χ0n) is 6.22. The zero-order valence-corrected chi connectivity index (χ0v) is 7.85. The van der Waals surface area contributed by atoms with Crippen molar-refractivity contribution >= 4 is 21.6 Å². The molecule has 0 aromatic rings. The second kappa shape index (κ2) is 6.78. The first-order valence-corrected chi connectivity index (χ1v) is 5.62.